The van der Waals surface area contributed by atoms with Crippen molar-refractivity contribution in [2.45, 2.75) is 25.7 Å². The minimum atomic E-state index is -0.102. The van der Waals surface area contributed by atoms with E-state index >= 15 is 0 Å². The molecule has 0 fully saturated rings. The topological polar surface area (TPSA) is 60.2 Å². The first-order valence-electron chi connectivity index (χ1n) is 12.1. The Hall–Kier alpha value is -4.24. The lowest BCUT2D eigenvalue weighted by atomic mass is 9.83. The Balaban J connectivity index is 1.45. The SMILES string of the molecule is Nc1cc(C(=O)c2ccccc2)ccc1C(=O)C1=c2ccc3c(c2CCC1)CC=c1ccccc1=3. The highest BCUT2D eigenvalue weighted by atomic mass is 16.1. The molecular formula is C32H25NO2. The smallest absolute Gasteiger partial charge is 0.193 e. The van der Waals surface area contributed by atoms with E-state index in [-0.39, 0.29) is 11.6 Å². The number of fused-ring (bicyclic) bond motifs is 4. The molecule has 2 N–H and O–H groups in total. The van der Waals surface area contributed by atoms with Crippen molar-refractivity contribution < 1.29 is 9.59 Å². The van der Waals surface area contributed by atoms with Gasteiger partial charge < -0.3 is 5.73 Å². The predicted molar refractivity (Wildman–Crippen MR) is 139 cm³/mol. The summed E-state index contributed by atoms with van der Waals surface area (Å²) < 4.78 is 0. The number of benzene rings is 4. The van der Waals surface area contributed by atoms with Crippen LogP contribution >= 0.6 is 0 Å². The van der Waals surface area contributed by atoms with Crippen molar-refractivity contribution in [3.8, 4) is 0 Å². The van der Waals surface area contributed by atoms with Gasteiger partial charge in [0.1, 0.15) is 0 Å². The van der Waals surface area contributed by atoms with Crippen LogP contribution in [0.1, 0.15) is 50.2 Å². The van der Waals surface area contributed by atoms with Crippen molar-refractivity contribution in [3.63, 3.8) is 0 Å². The predicted octanol–water partition coefficient (Wildman–Crippen LogP) is 4.49. The molecule has 0 atom stereocenters. The van der Waals surface area contributed by atoms with Gasteiger partial charge in [0.15, 0.2) is 11.6 Å². The van der Waals surface area contributed by atoms with Gasteiger partial charge in [-0.05, 0) is 69.8 Å². The third-order valence-corrected chi connectivity index (χ3v) is 7.26. The van der Waals surface area contributed by atoms with E-state index in [9.17, 15) is 9.59 Å². The molecule has 3 heteroatoms. The van der Waals surface area contributed by atoms with E-state index in [1.807, 2.05) is 18.2 Å². The molecule has 0 aliphatic heterocycles. The van der Waals surface area contributed by atoms with E-state index in [4.69, 9.17) is 5.73 Å². The lowest BCUT2D eigenvalue weighted by Crippen LogP contribution is -2.26. The molecule has 0 spiro atoms. The third kappa shape index (κ3) is 3.60. The summed E-state index contributed by atoms with van der Waals surface area (Å²) in [7, 11) is 0. The molecule has 2 aliphatic carbocycles. The minimum Gasteiger partial charge on any atom is -0.398 e. The Labute approximate surface area is 203 Å². The average molecular weight is 456 g/mol. The molecule has 0 saturated carbocycles. The van der Waals surface area contributed by atoms with Crippen molar-refractivity contribution in [1.29, 1.82) is 0 Å². The van der Waals surface area contributed by atoms with Crippen LogP contribution in [0.3, 0.4) is 0 Å². The Morgan fingerprint density at radius 1 is 0.657 bits per heavy atom. The van der Waals surface area contributed by atoms with Gasteiger partial charge in [-0.2, -0.15) is 0 Å². The monoisotopic (exact) mass is 455 g/mol. The number of ketones is 2. The molecule has 0 unspecified atom stereocenters. The second-order valence-corrected chi connectivity index (χ2v) is 9.27. The van der Waals surface area contributed by atoms with Gasteiger partial charge in [0, 0.05) is 28.0 Å². The van der Waals surface area contributed by atoms with Crippen LogP contribution in [0.25, 0.3) is 11.6 Å². The van der Waals surface area contributed by atoms with Gasteiger partial charge in [-0.25, -0.2) is 0 Å². The van der Waals surface area contributed by atoms with E-state index in [2.05, 4.69) is 42.5 Å². The summed E-state index contributed by atoms with van der Waals surface area (Å²) in [5.41, 5.74) is 11.7. The van der Waals surface area contributed by atoms with Crippen molar-refractivity contribution >= 4 is 28.9 Å². The summed E-state index contributed by atoms with van der Waals surface area (Å²) in [4.78, 5) is 26.5. The van der Waals surface area contributed by atoms with E-state index in [1.165, 1.54) is 26.8 Å². The van der Waals surface area contributed by atoms with Crippen LogP contribution < -0.4 is 16.2 Å². The van der Waals surface area contributed by atoms with Gasteiger partial charge in [-0.1, -0.05) is 78.9 Å². The molecule has 4 aromatic rings. The van der Waals surface area contributed by atoms with Gasteiger partial charge in [-0.15, -0.1) is 0 Å². The molecule has 4 aromatic carbocycles. The van der Waals surface area contributed by atoms with Crippen molar-refractivity contribution in [2.75, 3.05) is 5.73 Å². The van der Waals surface area contributed by atoms with Crippen LogP contribution in [0, 0.1) is 10.4 Å². The fourth-order valence-corrected chi connectivity index (χ4v) is 5.52. The summed E-state index contributed by atoms with van der Waals surface area (Å²) in [6, 6.07) is 26.9. The first-order chi connectivity index (χ1) is 17.1. The zero-order valence-corrected chi connectivity index (χ0v) is 19.4. The Kier molecular flexibility index (Phi) is 5.18. The van der Waals surface area contributed by atoms with Crippen molar-refractivity contribution in [2.24, 2.45) is 0 Å². The highest BCUT2D eigenvalue weighted by Gasteiger charge is 2.23. The summed E-state index contributed by atoms with van der Waals surface area (Å²) in [5.74, 6) is -0.141. The van der Waals surface area contributed by atoms with Gasteiger partial charge in [-0.3, -0.25) is 9.59 Å². The number of nitrogen functional groups attached to an aromatic ring is 1. The maximum atomic E-state index is 13.7. The molecule has 0 radical (unpaired) electrons. The van der Waals surface area contributed by atoms with Crippen LogP contribution in [-0.2, 0) is 12.8 Å². The maximum Gasteiger partial charge on any atom is 0.193 e. The molecule has 0 saturated heterocycles. The van der Waals surface area contributed by atoms with Gasteiger partial charge in [0.25, 0.3) is 0 Å². The highest BCUT2D eigenvalue weighted by Crippen LogP contribution is 2.26. The molecule has 35 heavy (non-hydrogen) atoms. The maximum absolute atomic E-state index is 13.7. The molecule has 0 aromatic heterocycles. The second-order valence-electron chi connectivity index (χ2n) is 9.27. The second kappa shape index (κ2) is 8.52. The Morgan fingerprint density at radius 2 is 1.43 bits per heavy atom. The van der Waals surface area contributed by atoms with Crippen LogP contribution in [0.5, 0.6) is 0 Å². The number of anilines is 1. The minimum absolute atomic E-state index is 0.0395. The first-order valence-corrected chi connectivity index (χ1v) is 12.1. The summed E-state index contributed by atoms with van der Waals surface area (Å²) in [6.45, 7) is 0. The molecule has 0 amide bonds. The summed E-state index contributed by atoms with van der Waals surface area (Å²) in [5, 5.41) is 4.86. The van der Waals surface area contributed by atoms with Gasteiger partial charge in [0.2, 0.25) is 0 Å². The number of Topliss-reactive ketones (excluding diaryl/α,β-unsaturated/α-hetero) is 1. The zero-order valence-electron chi connectivity index (χ0n) is 19.4. The van der Waals surface area contributed by atoms with Crippen LogP contribution in [-0.4, -0.2) is 11.6 Å². The molecule has 6 rings (SSSR count). The van der Waals surface area contributed by atoms with Crippen molar-refractivity contribution in [3.05, 3.63) is 134 Å². The Morgan fingerprint density at radius 3 is 2.26 bits per heavy atom. The quantitative estimate of drug-likeness (QED) is 0.364. The first kappa shape index (κ1) is 21.3. The summed E-state index contributed by atoms with van der Waals surface area (Å²) in [6.07, 6.45) is 5.82. The lowest BCUT2D eigenvalue weighted by Gasteiger charge is -2.20. The van der Waals surface area contributed by atoms with E-state index in [0.717, 1.165) is 36.5 Å². The molecule has 0 bridgehead atoms. The largest absolute Gasteiger partial charge is 0.398 e. The van der Waals surface area contributed by atoms with Crippen LogP contribution in [0.4, 0.5) is 5.69 Å². The van der Waals surface area contributed by atoms with E-state index in [1.54, 1.807) is 30.3 Å². The van der Waals surface area contributed by atoms with E-state index < -0.39 is 0 Å². The molecular weight excluding hydrogens is 430 g/mol. The lowest BCUT2D eigenvalue weighted by molar-refractivity contribution is 0.103. The standard InChI is InChI=1S/C32H25NO2/c33-30-19-22(31(34)21-8-2-1-3-9-21)14-16-29(30)32(35)28-12-6-11-24-26-15-13-20-7-4-5-10-23(20)25(26)17-18-27(24)28/h1-5,7-10,13-14,16-19H,6,11-12,15,33H2. The van der Waals surface area contributed by atoms with Gasteiger partial charge >= 0.3 is 0 Å². The third-order valence-electron chi connectivity index (χ3n) is 7.26. The molecule has 0 heterocycles. The number of carbonyl (C=O) groups excluding carboxylic acids is 2. The van der Waals surface area contributed by atoms with Crippen LogP contribution in [0.15, 0.2) is 84.9 Å². The number of carbonyl (C=O) groups is 2. The van der Waals surface area contributed by atoms with Crippen molar-refractivity contribution in [1.82, 2.24) is 0 Å². The number of nitrogens with two attached hydrogens (primary N) is 1. The van der Waals surface area contributed by atoms with E-state index in [0.29, 0.717) is 22.4 Å². The molecule has 170 valence electrons. The van der Waals surface area contributed by atoms with Crippen LogP contribution in [0.2, 0.25) is 0 Å². The zero-order chi connectivity index (χ0) is 23.9. The number of hydrogen-bond donors (Lipinski definition) is 1. The summed E-state index contributed by atoms with van der Waals surface area (Å²) >= 11 is 0. The van der Waals surface area contributed by atoms with Gasteiger partial charge in [0.05, 0.1) is 0 Å². The number of hydrogen-bond acceptors (Lipinski definition) is 3. The fourth-order valence-electron chi connectivity index (χ4n) is 5.52. The fraction of sp³-hybridized carbons (Fsp3) is 0.125. The Bertz CT molecular complexity index is 1730. The molecule has 2 aliphatic rings. The normalized spacial score (nSPS) is 13.8. The highest BCUT2D eigenvalue weighted by molar-refractivity contribution is 6.26. The number of rotatable bonds is 4. The molecule has 3 nitrogen and oxygen atoms in total. The average Bonchev–Trinajstić information content (AvgIpc) is 2.92.